The van der Waals surface area contributed by atoms with Crippen molar-refractivity contribution in [2.45, 2.75) is 6.42 Å². The average molecular weight is 215 g/mol. The predicted molar refractivity (Wildman–Crippen MR) is 51.7 cm³/mol. The first-order valence-corrected chi connectivity index (χ1v) is 4.43. The molecule has 0 aliphatic rings. The quantitative estimate of drug-likeness (QED) is 0.474. The highest BCUT2D eigenvalue weighted by atomic mass is 19.1. The minimum Gasteiger partial charge on any atom is -0.462 e. The molecule has 0 spiro atoms. The lowest BCUT2D eigenvalue weighted by molar-refractivity contribution is 0.0489. The number of nitrogens with two attached hydrogens (primary N) is 1. The summed E-state index contributed by atoms with van der Waals surface area (Å²) >= 11 is 0. The van der Waals surface area contributed by atoms with Gasteiger partial charge in [0.15, 0.2) is 0 Å². The molecule has 0 aliphatic heterocycles. The molecular weight excluding hydrogens is 204 g/mol. The van der Waals surface area contributed by atoms with Gasteiger partial charge in [-0.25, -0.2) is 9.18 Å². The normalized spacial score (nSPS) is 10.0. The lowest BCUT2D eigenvalue weighted by Crippen LogP contribution is -2.09. The first-order chi connectivity index (χ1) is 7.15. The molecule has 15 heavy (non-hydrogen) atoms. The molecule has 0 aromatic heterocycles. The Morgan fingerprint density at radius 2 is 2.20 bits per heavy atom. The summed E-state index contributed by atoms with van der Waals surface area (Å²) in [5.74, 6) is -1.53. The van der Waals surface area contributed by atoms with Gasteiger partial charge in [-0.3, -0.25) is 4.39 Å². The number of nitrogen functional groups attached to an aromatic ring is 1. The van der Waals surface area contributed by atoms with Gasteiger partial charge in [0, 0.05) is 12.1 Å². The summed E-state index contributed by atoms with van der Waals surface area (Å²) in [6.45, 7) is -0.643. The molecule has 0 amide bonds. The fourth-order valence-corrected chi connectivity index (χ4v) is 0.996. The fourth-order valence-electron chi connectivity index (χ4n) is 0.996. The van der Waals surface area contributed by atoms with Crippen LogP contribution in [0.15, 0.2) is 18.2 Å². The van der Waals surface area contributed by atoms with E-state index in [1.807, 2.05) is 0 Å². The first-order valence-electron chi connectivity index (χ1n) is 4.43. The maximum Gasteiger partial charge on any atom is 0.341 e. The number of hydrogen-bond donors (Lipinski definition) is 1. The van der Waals surface area contributed by atoms with Crippen LogP contribution in [0.1, 0.15) is 16.8 Å². The lowest BCUT2D eigenvalue weighted by Gasteiger charge is -2.04. The Balaban J connectivity index is 2.68. The van der Waals surface area contributed by atoms with Gasteiger partial charge in [-0.1, -0.05) is 0 Å². The van der Waals surface area contributed by atoms with Crippen molar-refractivity contribution in [3.8, 4) is 0 Å². The molecule has 5 heteroatoms. The summed E-state index contributed by atoms with van der Waals surface area (Å²) in [6.07, 6.45) is 0.107. The highest BCUT2D eigenvalue weighted by Crippen LogP contribution is 2.13. The van der Waals surface area contributed by atoms with Crippen LogP contribution in [0.25, 0.3) is 0 Å². The lowest BCUT2D eigenvalue weighted by atomic mass is 10.2. The van der Waals surface area contributed by atoms with Gasteiger partial charge < -0.3 is 10.5 Å². The molecule has 1 aromatic carbocycles. The minimum atomic E-state index is -0.826. The van der Waals surface area contributed by atoms with Crippen LogP contribution in [0.4, 0.5) is 14.5 Å². The Kier molecular flexibility index (Phi) is 4.03. The summed E-state index contributed by atoms with van der Waals surface area (Å²) in [7, 11) is 0. The zero-order valence-electron chi connectivity index (χ0n) is 8.00. The van der Waals surface area contributed by atoms with Gasteiger partial charge in [0.05, 0.1) is 18.8 Å². The van der Waals surface area contributed by atoms with E-state index in [2.05, 4.69) is 4.74 Å². The smallest absolute Gasteiger partial charge is 0.341 e. The van der Waals surface area contributed by atoms with Crippen molar-refractivity contribution in [2.24, 2.45) is 0 Å². The number of esters is 1. The molecule has 0 atom stereocenters. The fraction of sp³-hybridized carbons (Fsp3) is 0.300. The maximum atomic E-state index is 13.1. The topological polar surface area (TPSA) is 52.3 Å². The van der Waals surface area contributed by atoms with Gasteiger partial charge >= 0.3 is 5.97 Å². The molecule has 1 rings (SSSR count). The van der Waals surface area contributed by atoms with E-state index in [9.17, 15) is 13.6 Å². The van der Waals surface area contributed by atoms with E-state index >= 15 is 0 Å². The number of benzene rings is 1. The number of anilines is 1. The van der Waals surface area contributed by atoms with Gasteiger partial charge in [0.1, 0.15) is 5.82 Å². The molecule has 3 nitrogen and oxygen atoms in total. The molecule has 2 N–H and O–H groups in total. The Morgan fingerprint density at radius 3 is 2.87 bits per heavy atom. The van der Waals surface area contributed by atoms with Gasteiger partial charge in [-0.05, 0) is 18.2 Å². The third-order valence-electron chi connectivity index (χ3n) is 1.72. The van der Waals surface area contributed by atoms with Gasteiger partial charge in [-0.2, -0.15) is 0 Å². The summed E-state index contributed by atoms with van der Waals surface area (Å²) in [4.78, 5) is 11.3. The molecule has 0 fully saturated rings. The number of alkyl halides is 1. The van der Waals surface area contributed by atoms with E-state index in [4.69, 9.17) is 5.73 Å². The third kappa shape index (κ3) is 3.19. The van der Waals surface area contributed by atoms with E-state index in [-0.39, 0.29) is 24.3 Å². The van der Waals surface area contributed by atoms with Crippen LogP contribution >= 0.6 is 0 Å². The Labute approximate surface area is 85.8 Å². The molecule has 82 valence electrons. The van der Waals surface area contributed by atoms with Gasteiger partial charge in [0.25, 0.3) is 0 Å². The van der Waals surface area contributed by atoms with E-state index < -0.39 is 18.5 Å². The highest BCUT2D eigenvalue weighted by molar-refractivity contribution is 5.90. The van der Waals surface area contributed by atoms with E-state index in [1.54, 1.807) is 0 Å². The Morgan fingerprint density at radius 1 is 1.47 bits per heavy atom. The van der Waals surface area contributed by atoms with E-state index in [0.29, 0.717) is 0 Å². The molecule has 1 aromatic rings. The molecule has 0 aliphatic carbocycles. The molecule has 0 unspecified atom stereocenters. The largest absolute Gasteiger partial charge is 0.462 e. The zero-order chi connectivity index (χ0) is 11.3. The van der Waals surface area contributed by atoms with Gasteiger partial charge in [0.2, 0.25) is 0 Å². The highest BCUT2D eigenvalue weighted by Gasteiger charge is 2.12. The minimum absolute atomic E-state index is 0.0659. The number of halogens is 2. The molecule has 0 bridgehead atoms. The number of hydrogen-bond acceptors (Lipinski definition) is 3. The van der Waals surface area contributed by atoms with E-state index in [0.717, 1.165) is 6.07 Å². The molecular formula is C10H11F2NO2. The third-order valence-corrected chi connectivity index (χ3v) is 1.72. The van der Waals surface area contributed by atoms with Crippen molar-refractivity contribution in [2.75, 3.05) is 19.0 Å². The van der Waals surface area contributed by atoms with Crippen molar-refractivity contribution in [3.63, 3.8) is 0 Å². The Bertz CT molecular complexity index is 355. The van der Waals surface area contributed by atoms with Crippen LogP contribution in [0, 0.1) is 5.82 Å². The summed E-state index contributed by atoms with van der Waals surface area (Å²) in [5, 5.41) is 0. The van der Waals surface area contributed by atoms with E-state index in [1.165, 1.54) is 12.1 Å². The van der Waals surface area contributed by atoms with Crippen molar-refractivity contribution in [3.05, 3.63) is 29.6 Å². The number of rotatable bonds is 4. The van der Waals surface area contributed by atoms with Crippen LogP contribution in [0.5, 0.6) is 0 Å². The van der Waals surface area contributed by atoms with Crippen LogP contribution < -0.4 is 5.73 Å². The Hall–Kier alpha value is -1.65. The first kappa shape index (κ1) is 11.4. The van der Waals surface area contributed by atoms with Crippen LogP contribution in [-0.2, 0) is 4.74 Å². The SMILES string of the molecule is Nc1ccc(F)c(C(=O)OCCCF)c1. The predicted octanol–water partition coefficient (Wildman–Crippen LogP) is 1.92. The van der Waals surface area contributed by atoms with Crippen molar-refractivity contribution < 1.29 is 18.3 Å². The van der Waals surface area contributed by atoms with Crippen LogP contribution in [0.2, 0.25) is 0 Å². The van der Waals surface area contributed by atoms with Crippen molar-refractivity contribution in [1.29, 1.82) is 0 Å². The molecule has 0 heterocycles. The number of ether oxygens (including phenoxy) is 1. The number of carbonyl (C=O) groups excluding carboxylic acids is 1. The second-order valence-electron chi connectivity index (χ2n) is 2.92. The number of carbonyl (C=O) groups is 1. The maximum absolute atomic E-state index is 13.1. The van der Waals surface area contributed by atoms with Gasteiger partial charge in [-0.15, -0.1) is 0 Å². The second kappa shape index (κ2) is 5.29. The zero-order valence-corrected chi connectivity index (χ0v) is 8.00. The summed E-state index contributed by atoms with van der Waals surface area (Å²) < 4.78 is 29.4. The van der Waals surface area contributed by atoms with Crippen molar-refractivity contribution in [1.82, 2.24) is 0 Å². The second-order valence-corrected chi connectivity index (χ2v) is 2.92. The van der Waals surface area contributed by atoms with Crippen molar-refractivity contribution >= 4 is 11.7 Å². The summed E-state index contributed by atoms with van der Waals surface area (Å²) in [6, 6.07) is 3.61. The molecule has 0 radical (unpaired) electrons. The monoisotopic (exact) mass is 215 g/mol. The van der Waals surface area contributed by atoms with Crippen LogP contribution in [0.3, 0.4) is 0 Å². The molecule has 0 saturated carbocycles. The molecule has 0 saturated heterocycles. The standard InChI is InChI=1S/C10H11F2NO2/c11-4-1-5-15-10(14)8-6-7(13)2-3-9(8)12/h2-3,6H,1,4-5,13H2. The average Bonchev–Trinajstić information content (AvgIpc) is 2.22. The summed E-state index contributed by atoms with van der Waals surface area (Å²) in [5.41, 5.74) is 5.43. The van der Waals surface area contributed by atoms with Crippen LogP contribution in [-0.4, -0.2) is 19.3 Å².